The van der Waals surface area contributed by atoms with E-state index in [0.29, 0.717) is 6.42 Å². The Balaban J connectivity index is 6.04. The zero-order chi connectivity index (χ0) is 32.8. The minimum Gasteiger partial charge on any atom is -0.480 e. The molecule has 0 saturated carbocycles. The number of ether oxygens (including phenoxy) is 1. The number of nitrogens with one attached hydrogen (secondary N) is 4. The van der Waals surface area contributed by atoms with Crippen molar-refractivity contribution >= 4 is 35.7 Å². The average Bonchev–Trinajstić information content (AvgIpc) is 2.84. The lowest BCUT2D eigenvalue weighted by atomic mass is 9.96. The maximum absolute atomic E-state index is 13.5. The molecule has 15 nitrogen and oxygen atoms in total. The molecule has 6 atom stereocenters. The van der Waals surface area contributed by atoms with Crippen LogP contribution >= 0.6 is 0 Å². The van der Waals surface area contributed by atoms with E-state index in [1.807, 2.05) is 13.8 Å². The zero-order valence-corrected chi connectivity index (χ0v) is 26.0. The molecule has 0 rings (SSSR count). The van der Waals surface area contributed by atoms with Gasteiger partial charge in [0, 0.05) is 6.54 Å². The van der Waals surface area contributed by atoms with E-state index in [4.69, 9.17) is 16.2 Å². The van der Waals surface area contributed by atoms with E-state index < -0.39 is 71.6 Å². The molecular formula is C27H51N7O8. The molecule has 0 radical (unpaired) electrons. The van der Waals surface area contributed by atoms with E-state index in [1.165, 1.54) is 6.92 Å². The fourth-order valence-corrected chi connectivity index (χ4v) is 3.78. The van der Waals surface area contributed by atoms with Crippen molar-refractivity contribution in [2.24, 2.45) is 28.3 Å². The van der Waals surface area contributed by atoms with Crippen LogP contribution in [0.4, 0.5) is 4.79 Å². The van der Waals surface area contributed by atoms with Crippen LogP contribution < -0.4 is 32.7 Å². The first kappa shape index (κ1) is 38.4. The molecule has 0 spiro atoms. The molecule has 242 valence electrons. The number of carbonyl (C=O) groups is 5. The molecule has 0 fully saturated rings. The fourth-order valence-electron chi connectivity index (χ4n) is 3.78. The Labute approximate surface area is 248 Å². The van der Waals surface area contributed by atoms with Gasteiger partial charge in [0.25, 0.3) is 0 Å². The third-order valence-corrected chi connectivity index (χ3v) is 6.13. The second-order valence-electron chi connectivity index (χ2n) is 11.8. The van der Waals surface area contributed by atoms with E-state index >= 15 is 0 Å². The Kier molecular flexibility index (Phi) is 16.5. The predicted octanol–water partition coefficient (Wildman–Crippen LogP) is -0.0547. The zero-order valence-electron chi connectivity index (χ0n) is 26.0. The molecule has 15 heteroatoms. The lowest BCUT2D eigenvalue weighted by Gasteiger charge is -2.29. The summed E-state index contributed by atoms with van der Waals surface area (Å²) >= 11 is 0. The predicted molar refractivity (Wildman–Crippen MR) is 157 cm³/mol. The lowest BCUT2D eigenvalue weighted by molar-refractivity contribution is -0.145. The Hall–Kier alpha value is -3.62. The molecule has 1 unspecified atom stereocenters. The van der Waals surface area contributed by atoms with E-state index in [0.717, 1.165) is 0 Å². The highest BCUT2D eigenvalue weighted by molar-refractivity contribution is 5.95. The van der Waals surface area contributed by atoms with Crippen LogP contribution in [-0.2, 0) is 23.9 Å². The van der Waals surface area contributed by atoms with Gasteiger partial charge >= 0.3 is 12.1 Å². The summed E-state index contributed by atoms with van der Waals surface area (Å²) in [6.45, 7) is 13.6. The van der Waals surface area contributed by atoms with Gasteiger partial charge in [-0.25, -0.2) is 9.59 Å². The highest BCUT2D eigenvalue weighted by Gasteiger charge is 2.34. The van der Waals surface area contributed by atoms with Gasteiger partial charge in [-0.3, -0.25) is 19.4 Å². The molecule has 0 aromatic carbocycles. The maximum Gasteiger partial charge on any atom is 0.408 e. The van der Waals surface area contributed by atoms with Gasteiger partial charge < -0.3 is 47.7 Å². The number of aliphatic hydroxyl groups excluding tert-OH is 1. The third kappa shape index (κ3) is 15.4. The number of carboxylic acid groups (broad SMARTS) is 1. The number of nitrogens with two attached hydrogens (primary N) is 2. The summed E-state index contributed by atoms with van der Waals surface area (Å²) in [5, 5.41) is 29.2. The second-order valence-corrected chi connectivity index (χ2v) is 11.8. The van der Waals surface area contributed by atoms with Gasteiger partial charge in [-0.2, -0.15) is 0 Å². The van der Waals surface area contributed by atoms with Crippen molar-refractivity contribution in [2.45, 2.75) is 117 Å². The molecule has 0 heterocycles. The van der Waals surface area contributed by atoms with E-state index in [-0.39, 0.29) is 37.7 Å². The molecule has 0 aromatic heterocycles. The number of carbonyl (C=O) groups excluding carboxylic acids is 4. The third-order valence-electron chi connectivity index (χ3n) is 6.13. The number of hydrogen-bond donors (Lipinski definition) is 8. The van der Waals surface area contributed by atoms with Gasteiger partial charge in [-0.1, -0.05) is 34.1 Å². The molecule has 4 amide bonds. The van der Waals surface area contributed by atoms with Crippen LogP contribution in [0.3, 0.4) is 0 Å². The minimum absolute atomic E-state index is 0.000549. The molecule has 0 aromatic rings. The first-order valence-electron chi connectivity index (χ1n) is 14.2. The minimum atomic E-state index is -1.59. The van der Waals surface area contributed by atoms with Crippen molar-refractivity contribution < 1.29 is 38.9 Å². The highest BCUT2D eigenvalue weighted by Crippen LogP contribution is 2.13. The number of nitrogens with zero attached hydrogens (tertiary/aromatic N) is 1. The summed E-state index contributed by atoms with van der Waals surface area (Å²) in [5.74, 6) is -4.17. The number of guanidine groups is 1. The van der Waals surface area contributed by atoms with Crippen molar-refractivity contribution in [1.29, 1.82) is 0 Å². The molecule has 42 heavy (non-hydrogen) atoms. The van der Waals surface area contributed by atoms with Gasteiger partial charge in [0.1, 0.15) is 23.7 Å². The van der Waals surface area contributed by atoms with Gasteiger partial charge in [-0.05, 0) is 58.8 Å². The second kappa shape index (κ2) is 18.0. The van der Waals surface area contributed by atoms with Crippen molar-refractivity contribution in [3.05, 3.63) is 0 Å². The van der Waals surface area contributed by atoms with E-state index in [2.05, 4.69) is 26.3 Å². The SMILES string of the molecule is CCC(C)[C@H](NC(=O)[C@@H](CCCN=C(N)N)NC(=O)[C@H](CC(C)C)NC(=O)OC(C)(C)C)C(=O)N[C@H](C(=O)O)[C@H](C)O. The first-order valence-corrected chi connectivity index (χ1v) is 14.2. The van der Waals surface area contributed by atoms with Crippen LogP contribution in [0, 0.1) is 11.8 Å². The first-order chi connectivity index (χ1) is 19.3. The van der Waals surface area contributed by atoms with Crippen LogP contribution in [-0.4, -0.2) is 88.4 Å². The summed E-state index contributed by atoms with van der Waals surface area (Å²) in [6.07, 6.45) is -1.12. The van der Waals surface area contributed by atoms with Crippen LogP contribution in [0.1, 0.15) is 81.1 Å². The number of alkyl carbamates (subject to hydrolysis) is 1. The molecule has 0 aliphatic heterocycles. The summed E-state index contributed by atoms with van der Waals surface area (Å²) in [6, 6.07) is -4.95. The van der Waals surface area contributed by atoms with Gasteiger partial charge in [0.15, 0.2) is 12.0 Å². The Morgan fingerprint density at radius 3 is 1.86 bits per heavy atom. The van der Waals surface area contributed by atoms with E-state index in [1.54, 1.807) is 34.6 Å². The van der Waals surface area contributed by atoms with Crippen molar-refractivity contribution in [2.75, 3.05) is 6.54 Å². The molecule has 0 bridgehead atoms. The quantitative estimate of drug-likeness (QED) is 0.0627. The Morgan fingerprint density at radius 2 is 1.40 bits per heavy atom. The Bertz CT molecular complexity index is 945. The van der Waals surface area contributed by atoms with E-state index in [9.17, 15) is 34.2 Å². The lowest BCUT2D eigenvalue weighted by Crippen LogP contribution is -2.60. The topological polar surface area (TPSA) is 248 Å². The molecule has 0 aliphatic rings. The van der Waals surface area contributed by atoms with Crippen molar-refractivity contribution in [3.8, 4) is 0 Å². The Morgan fingerprint density at radius 1 is 0.857 bits per heavy atom. The smallest absolute Gasteiger partial charge is 0.408 e. The number of rotatable bonds is 17. The summed E-state index contributed by atoms with van der Waals surface area (Å²) in [7, 11) is 0. The maximum atomic E-state index is 13.5. The van der Waals surface area contributed by atoms with Crippen molar-refractivity contribution in [3.63, 3.8) is 0 Å². The highest BCUT2D eigenvalue weighted by atomic mass is 16.6. The van der Waals surface area contributed by atoms with Crippen molar-refractivity contribution in [1.82, 2.24) is 21.3 Å². The summed E-state index contributed by atoms with van der Waals surface area (Å²) < 4.78 is 5.29. The number of aliphatic carboxylic acids is 1. The van der Waals surface area contributed by atoms with Crippen LogP contribution in [0.25, 0.3) is 0 Å². The fraction of sp³-hybridized carbons (Fsp3) is 0.778. The van der Waals surface area contributed by atoms with Gasteiger partial charge in [0.05, 0.1) is 6.10 Å². The number of aliphatic imine (C=N–C) groups is 1. The molecule has 0 aliphatic carbocycles. The van der Waals surface area contributed by atoms with Gasteiger partial charge in [0.2, 0.25) is 17.7 Å². The average molecular weight is 602 g/mol. The van der Waals surface area contributed by atoms with Crippen LogP contribution in [0.5, 0.6) is 0 Å². The largest absolute Gasteiger partial charge is 0.480 e. The molecule has 10 N–H and O–H groups in total. The normalized spacial score (nSPS) is 15.7. The van der Waals surface area contributed by atoms with Crippen LogP contribution in [0.15, 0.2) is 4.99 Å². The monoisotopic (exact) mass is 601 g/mol. The standard InChI is InChI=1S/C27H51N7O8/c1-9-15(4)19(23(38)34-20(16(5)35)24(39)40)33-21(36)17(11-10-12-30-25(28)29)31-22(37)18(13-14(2)3)32-26(41)42-27(6,7)8/h14-20,35H,9-13H2,1-8H3,(H,31,37)(H,32,41)(H,33,36)(H,34,38)(H,39,40)(H4,28,29,30)/t15?,16-,17+,18-,19-,20-/m0/s1. The number of hydrogen-bond acceptors (Lipinski definition) is 8. The molecular weight excluding hydrogens is 550 g/mol. The molecule has 0 saturated heterocycles. The van der Waals surface area contributed by atoms with Crippen LogP contribution in [0.2, 0.25) is 0 Å². The number of aliphatic hydroxyl groups is 1. The van der Waals surface area contributed by atoms with Gasteiger partial charge in [-0.15, -0.1) is 0 Å². The summed E-state index contributed by atoms with van der Waals surface area (Å²) in [5.41, 5.74) is 9.96. The number of carboxylic acids is 1. The summed E-state index contributed by atoms with van der Waals surface area (Å²) in [4.78, 5) is 67.7. The number of amides is 4.